The second-order valence-corrected chi connectivity index (χ2v) is 6.86. The summed E-state index contributed by atoms with van der Waals surface area (Å²) in [5, 5.41) is 5.60. The van der Waals surface area contributed by atoms with Gasteiger partial charge < -0.3 is 29.7 Å². The summed E-state index contributed by atoms with van der Waals surface area (Å²) in [4.78, 5) is 26.3. The molecule has 3 rings (SSSR count). The number of nitrogens with zero attached hydrogens (tertiary/aromatic N) is 1. The highest BCUT2D eigenvalue weighted by atomic mass is 16.5. The van der Waals surface area contributed by atoms with Gasteiger partial charge in [0.25, 0.3) is 0 Å². The number of nitrogens with one attached hydrogen (secondary N) is 2. The van der Waals surface area contributed by atoms with E-state index in [-0.39, 0.29) is 11.9 Å². The maximum atomic E-state index is 12.3. The number of urea groups is 1. The van der Waals surface area contributed by atoms with Gasteiger partial charge in [-0.3, -0.25) is 4.79 Å². The number of methoxy groups -OCH3 is 2. The monoisotopic (exact) mass is 413 g/mol. The third-order valence-corrected chi connectivity index (χ3v) is 4.83. The van der Waals surface area contributed by atoms with Gasteiger partial charge in [0.05, 0.1) is 33.9 Å². The van der Waals surface area contributed by atoms with Gasteiger partial charge >= 0.3 is 6.03 Å². The molecule has 1 fully saturated rings. The smallest absolute Gasteiger partial charge is 0.319 e. The molecule has 1 aliphatic rings. The normalized spacial score (nSPS) is 13.5. The average Bonchev–Trinajstić information content (AvgIpc) is 2.79. The first-order chi connectivity index (χ1) is 14.6. The molecule has 8 nitrogen and oxygen atoms in total. The van der Waals surface area contributed by atoms with Gasteiger partial charge in [-0.15, -0.1) is 0 Å². The van der Waals surface area contributed by atoms with Crippen LogP contribution in [0.1, 0.15) is 11.1 Å². The fourth-order valence-corrected chi connectivity index (χ4v) is 3.15. The Morgan fingerprint density at radius 3 is 2.30 bits per heavy atom. The summed E-state index contributed by atoms with van der Waals surface area (Å²) in [6.45, 7) is 2.80. The van der Waals surface area contributed by atoms with Crippen molar-refractivity contribution in [1.82, 2.24) is 10.2 Å². The van der Waals surface area contributed by atoms with Gasteiger partial charge in [-0.1, -0.05) is 18.2 Å². The maximum Gasteiger partial charge on any atom is 0.319 e. The van der Waals surface area contributed by atoms with Crippen LogP contribution in [0.3, 0.4) is 0 Å². The van der Waals surface area contributed by atoms with E-state index in [1.165, 1.54) is 0 Å². The van der Waals surface area contributed by atoms with E-state index in [9.17, 15) is 9.59 Å². The van der Waals surface area contributed by atoms with E-state index < -0.39 is 0 Å². The van der Waals surface area contributed by atoms with Crippen LogP contribution in [0.25, 0.3) is 0 Å². The minimum Gasteiger partial charge on any atom is -0.493 e. The van der Waals surface area contributed by atoms with Crippen molar-refractivity contribution in [3.8, 4) is 11.5 Å². The molecule has 2 aromatic carbocycles. The Balaban J connectivity index is 1.48. The summed E-state index contributed by atoms with van der Waals surface area (Å²) in [5.41, 5.74) is 2.45. The molecule has 2 N–H and O–H groups in total. The lowest BCUT2D eigenvalue weighted by atomic mass is 10.1. The van der Waals surface area contributed by atoms with Crippen molar-refractivity contribution in [2.24, 2.45) is 0 Å². The number of carbonyl (C=O) groups is 2. The lowest BCUT2D eigenvalue weighted by Crippen LogP contribution is -2.41. The summed E-state index contributed by atoms with van der Waals surface area (Å²) in [6.07, 6.45) is 0.339. The second-order valence-electron chi connectivity index (χ2n) is 6.86. The Morgan fingerprint density at radius 1 is 0.967 bits per heavy atom. The van der Waals surface area contributed by atoms with Crippen LogP contribution in [0.2, 0.25) is 0 Å². The van der Waals surface area contributed by atoms with E-state index in [2.05, 4.69) is 10.6 Å². The highest BCUT2D eigenvalue weighted by Gasteiger charge is 2.17. The average molecular weight is 413 g/mol. The van der Waals surface area contributed by atoms with Crippen molar-refractivity contribution in [1.29, 1.82) is 0 Å². The molecule has 1 heterocycles. The summed E-state index contributed by atoms with van der Waals surface area (Å²) < 4.78 is 15.8. The lowest BCUT2D eigenvalue weighted by Gasteiger charge is -2.26. The van der Waals surface area contributed by atoms with Crippen LogP contribution in [-0.4, -0.2) is 57.4 Å². The van der Waals surface area contributed by atoms with Crippen LogP contribution in [-0.2, 0) is 22.5 Å². The SMILES string of the molecule is COc1ccc(CNC(=O)Nc2ccc(CC(=O)N3CCOCC3)cc2)cc1OC. The van der Waals surface area contributed by atoms with Gasteiger partial charge in [0.1, 0.15) is 0 Å². The van der Waals surface area contributed by atoms with Crippen molar-refractivity contribution in [2.45, 2.75) is 13.0 Å². The predicted octanol–water partition coefficient (Wildman–Crippen LogP) is 2.43. The van der Waals surface area contributed by atoms with Crippen LogP contribution < -0.4 is 20.1 Å². The fourth-order valence-electron chi connectivity index (χ4n) is 3.15. The molecular formula is C22H27N3O5. The minimum atomic E-state index is -0.318. The number of carbonyl (C=O) groups excluding carboxylic acids is 2. The van der Waals surface area contributed by atoms with Gasteiger partial charge in [-0.25, -0.2) is 4.79 Å². The summed E-state index contributed by atoms with van der Waals surface area (Å²) in [5.74, 6) is 1.34. The van der Waals surface area contributed by atoms with Crippen LogP contribution in [0.4, 0.5) is 10.5 Å². The zero-order chi connectivity index (χ0) is 21.3. The van der Waals surface area contributed by atoms with E-state index in [0.717, 1.165) is 11.1 Å². The molecule has 0 aliphatic carbocycles. The van der Waals surface area contributed by atoms with E-state index in [1.54, 1.807) is 32.4 Å². The van der Waals surface area contributed by atoms with Crippen molar-refractivity contribution in [2.75, 3.05) is 45.8 Å². The number of hydrogen-bond acceptors (Lipinski definition) is 5. The van der Waals surface area contributed by atoms with E-state index >= 15 is 0 Å². The number of morpholine rings is 1. The van der Waals surface area contributed by atoms with Gasteiger partial charge in [-0.05, 0) is 35.4 Å². The molecule has 0 aromatic heterocycles. The summed E-state index contributed by atoms with van der Waals surface area (Å²) in [6, 6.07) is 12.4. The molecule has 0 atom stereocenters. The van der Waals surface area contributed by atoms with Crippen molar-refractivity contribution in [3.05, 3.63) is 53.6 Å². The summed E-state index contributed by atoms with van der Waals surface area (Å²) in [7, 11) is 3.15. The molecule has 0 bridgehead atoms. The molecule has 3 amide bonds. The Kier molecular flexibility index (Phi) is 7.51. The first kappa shape index (κ1) is 21.4. The molecule has 0 saturated carbocycles. The molecule has 0 spiro atoms. The first-order valence-electron chi connectivity index (χ1n) is 9.79. The first-order valence-corrected chi connectivity index (χ1v) is 9.79. The zero-order valence-corrected chi connectivity index (χ0v) is 17.3. The van der Waals surface area contributed by atoms with E-state index in [4.69, 9.17) is 14.2 Å². The number of anilines is 1. The predicted molar refractivity (Wildman–Crippen MR) is 113 cm³/mol. The number of amides is 3. The van der Waals surface area contributed by atoms with E-state index in [0.29, 0.717) is 56.5 Å². The Bertz CT molecular complexity index is 864. The number of ether oxygens (including phenoxy) is 3. The number of hydrogen-bond donors (Lipinski definition) is 2. The van der Waals surface area contributed by atoms with Crippen LogP contribution in [0.15, 0.2) is 42.5 Å². The van der Waals surface area contributed by atoms with Crippen LogP contribution in [0.5, 0.6) is 11.5 Å². The molecule has 0 unspecified atom stereocenters. The molecule has 1 aliphatic heterocycles. The van der Waals surface area contributed by atoms with Gasteiger partial charge in [-0.2, -0.15) is 0 Å². The lowest BCUT2D eigenvalue weighted by molar-refractivity contribution is -0.134. The Hall–Kier alpha value is -3.26. The highest BCUT2D eigenvalue weighted by molar-refractivity contribution is 5.89. The second kappa shape index (κ2) is 10.5. The third kappa shape index (κ3) is 5.87. The highest BCUT2D eigenvalue weighted by Crippen LogP contribution is 2.27. The van der Waals surface area contributed by atoms with Crippen molar-refractivity contribution >= 4 is 17.6 Å². The van der Waals surface area contributed by atoms with E-state index in [1.807, 2.05) is 29.2 Å². The molecule has 0 radical (unpaired) electrons. The molecule has 160 valence electrons. The number of benzene rings is 2. The van der Waals surface area contributed by atoms with Crippen molar-refractivity contribution in [3.63, 3.8) is 0 Å². The largest absolute Gasteiger partial charge is 0.493 e. The Morgan fingerprint density at radius 2 is 1.63 bits per heavy atom. The molecule has 2 aromatic rings. The summed E-state index contributed by atoms with van der Waals surface area (Å²) >= 11 is 0. The standard InChI is InChI=1S/C22H27N3O5/c1-28-19-8-5-17(13-20(19)29-2)15-23-22(27)24-18-6-3-16(4-7-18)14-21(26)25-9-11-30-12-10-25/h3-8,13H,9-12,14-15H2,1-2H3,(H2,23,24,27). The molecule has 30 heavy (non-hydrogen) atoms. The molecule has 8 heteroatoms. The zero-order valence-electron chi connectivity index (χ0n) is 17.3. The quantitative estimate of drug-likeness (QED) is 0.728. The number of rotatable bonds is 7. The molecule has 1 saturated heterocycles. The third-order valence-electron chi connectivity index (χ3n) is 4.83. The van der Waals surface area contributed by atoms with Gasteiger partial charge in [0.15, 0.2) is 11.5 Å². The van der Waals surface area contributed by atoms with Crippen LogP contribution in [0, 0.1) is 0 Å². The van der Waals surface area contributed by atoms with Crippen LogP contribution >= 0.6 is 0 Å². The fraction of sp³-hybridized carbons (Fsp3) is 0.364. The molecular weight excluding hydrogens is 386 g/mol. The minimum absolute atomic E-state index is 0.0895. The van der Waals surface area contributed by atoms with Gasteiger partial charge in [0.2, 0.25) is 5.91 Å². The Labute approximate surface area is 176 Å². The topological polar surface area (TPSA) is 89.1 Å². The van der Waals surface area contributed by atoms with Gasteiger partial charge in [0, 0.05) is 25.3 Å². The maximum absolute atomic E-state index is 12.3. The van der Waals surface area contributed by atoms with Crippen molar-refractivity contribution < 1.29 is 23.8 Å².